The molecule has 0 aliphatic heterocycles. The predicted octanol–water partition coefficient (Wildman–Crippen LogP) is 2.20. The normalized spacial score (nSPS) is 20.1. The Balaban J connectivity index is 1.89. The highest BCUT2D eigenvalue weighted by atomic mass is 16.3. The second-order valence-electron chi connectivity index (χ2n) is 6.50. The van der Waals surface area contributed by atoms with E-state index in [1.807, 2.05) is 36.4 Å². The number of aliphatic hydroxyl groups excluding tert-OH is 2. The summed E-state index contributed by atoms with van der Waals surface area (Å²) in [6.45, 7) is 0. The molecule has 6 nitrogen and oxygen atoms in total. The van der Waals surface area contributed by atoms with Gasteiger partial charge in [-0.2, -0.15) is 0 Å². The molecule has 4 rings (SSSR count). The number of aliphatic hydroxyl groups is 2. The van der Waals surface area contributed by atoms with E-state index in [2.05, 4.69) is 20.2 Å². The van der Waals surface area contributed by atoms with E-state index in [4.69, 9.17) is 0 Å². The molecule has 6 heteroatoms. The lowest BCUT2D eigenvalue weighted by molar-refractivity contribution is 0.00885. The van der Waals surface area contributed by atoms with Crippen molar-refractivity contribution in [2.45, 2.75) is 37.9 Å². The molecular weight excluding hydrogens is 328 g/mol. The summed E-state index contributed by atoms with van der Waals surface area (Å²) in [4.78, 5) is 8.84. The second kappa shape index (κ2) is 7.27. The van der Waals surface area contributed by atoms with Crippen LogP contribution in [0.1, 0.15) is 24.0 Å². The van der Waals surface area contributed by atoms with Crippen LogP contribution in [0.15, 0.2) is 48.8 Å². The minimum atomic E-state index is -0.730. The van der Waals surface area contributed by atoms with E-state index in [0.717, 1.165) is 33.9 Å². The Hall–Kier alpha value is -2.70. The van der Waals surface area contributed by atoms with E-state index in [1.165, 1.54) is 0 Å². The largest absolute Gasteiger partial charge is 0.390 e. The predicted molar refractivity (Wildman–Crippen MR) is 97.1 cm³/mol. The highest BCUT2D eigenvalue weighted by Crippen LogP contribution is 2.32. The van der Waals surface area contributed by atoms with Crippen molar-refractivity contribution in [3.63, 3.8) is 0 Å². The minimum Gasteiger partial charge on any atom is -0.390 e. The minimum absolute atomic E-state index is 0.474. The Morgan fingerprint density at radius 2 is 1.15 bits per heavy atom. The van der Waals surface area contributed by atoms with Gasteiger partial charge in [0.1, 0.15) is 11.4 Å². The third-order valence-electron chi connectivity index (χ3n) is 4.83. The Bertz CT molecular complexity index is 813. The van der Waals surface area contributed by atoms with Crippen LogP contribution in [-0.2, 0) is 12.8 Å². The zero-order valence-electron chi connectivity index (χ0n) is 14.3. The molecule has 2 unspecified atom stereocenters. The summed E-state index contributed by atoms with van der Waals surface area (Å²) >= 11 is 0. The van der Waals surface area contributed by atoms with Gasteiger partial charge < -0.3 is 10.2 Å². The van der Waals surface area contributed by atoms with Crippen molar-refractivity contribution in [2.75, 3.05) is 0 Å². The fraction of sp³-hybridized carbons (Fsp3) is 0.300. The van der Waals surface area contributed by atoms with Crippen LogP contribution in [0, 0.1) is 0 Å². The number of fused-ring (bicyclic) bond motifs is 1. The summed E-state index contributed by atoms with van der Waals surface area (Å²) in [5, 5.41) is 29.2. The second-order valence-corrected chi connectivity index (χ2v) is 6.50. The average Bonchev–Trinajstić information content (AvgIpc) is 2.70. The first kappa shape index (κ1) is 16.8. The molecule has 0 bridgehead atoms. The van der Waals surface area contributed by atoms with E-state index in [1.54, 1.807) is 12.4 Å². The number of nitrogens with zero attached hydrogens (tertiary/aromatic N) is 4. The maximum Gasteiger partial charge on any atom is 0.115 e. The van der Waals surface area contributed by atoms with Gasteiger partial charge in [-0.05, 0) is 61.1 Å². The quantitative estimate of drug-likeness (QED) is 0.738. The third-order valence-corrected chi connectivity index (χ3v) is 4.83. The molecule has 3 heterocycles. The summed E-state index contributed by atoms with van der Waals surface area (Å²) < 4.78 is 0. The fourth-order valence-electron chi connectivity index (χ4n) is 3.43. The standard InChI is InChI=1S/C20H20N4O2/c25-17-9-7-13-14(8-10-18(17)26)20(16-6-2-4-12-22-16)24-23-19(13)15-5-1-3-11-21-15/h1-6,11-12,17-18,25-26H,7-10H2. The summed E-state index contributed by atoms with van der Waals surface area (Å²) in [6, 6.07) is 11.4. The van der Waals surface area contributed by atoms with Crippen LogP contribution in [0.4, 0.5) is 0 Å². The van der Waals surface area contributed by atoms with Crippen LogP contribution >= 0.6 is 0 Å². The molecule has 2 atom stereocenters. The van der Waals surface area contributed by atoms with Gasteiger partial charge in [0.05, 0.1) is 23.6 Å². The van der Waals surface area contributed by atoms with E-state index >= 15 is 0 Å². The van der Waals surface area contributed by atoms with Crippen LogP contribution in [-0.4, -0.2) is 42.6 Å². The molecule has 1 aliphatic carbocycles. The maximum atomic E-state index is 10.1. The first-order valence-corrected chi connectivity index (χ1v) is 8.81. The van der Waals surface area contributed by atoms with Gasteiger partial charge >= 0.3 is 0 Å². The van der Waals surface area contributed by atoms with Gasteiger partial charge in [-0.25, -0.2) is 0 Å². The summed E-state index contributed by atoms with van der Waals surface area (Å²) in [6.07, 6.45) is 4.17. The van der Waals surface area contributed by atoms with Crippen LogP contribution < -0.4 is 0 Å². The third kappa shape index (κ3) is 3.21. The van der Waals surface area contributed by atoms with Crippen molar-refractivity contribution >= 4 is 0 Å². The molecule has 3 aromatic heterocycles. The van der Waals surface area contributed by atoms with Gasteiger partial charge in [0.15, 0.2) is 0 Å². The molecule has 0 aromatic carbocycles. The number of hydrogen-bond acceptors (Lipinski definition) is 6. The summed E-state index contributed by atoms with van der Waals surface area (Å²) in [7, 11) is 0. The van der Waals surface area contributed by atoms with Gasteiger partial charge in [-0.15, -0.1) is 10.2 Å². The molecule has 26 heavy (non-hydrogen) atoms. The van der Waals surface area contributed by atoms with Crippen molar-refractivity contribution < 1.29 is 10.2 Å². The Morgan fingerprint density at radius 3 is 1.54 bits per heavy atom. The Labute approximate surface area is 151 Å². The van der Waals surface area contributed by atoms with Crippen molar-refractivity contribution in [1.82, 2.24) is 20.2 Å². The van der Waals surface area contributed by atoms with E-state index in [9.17, 15) is 10.2 Å². The van der Waals surface area contributed by atoms with Crippen molar-refractivity contribution in [3.05, 3.63) is 59.9 Å². The van der Waals surface area contributed by atoms with Crippen LogP contribution in [0.25, 0.3) is 22.8 Å². The van der Waals surface area contributed by atoms with Gasteiger partial charge in [-0.1, -0.05) is 12.1 Å². The maximum absolute atomic E-state index is 10.1. The first-order chi connectivity index (χ1) is 12.7. The van der Waals surface area contributed by atoms with Crippen molar-refractivity contribution in [3.8, 4) is 22.8 Å². The first-order valence-electron chi connectivity index (χ1n) is 8.81. The van der Waals surface area contributed by atoms with Crippen LogP contribution in [0.5, 0.6) is 0 Å². The Kier molecular flexibility index (Phi) is 4.69. The molecule has 0 saturated heterocycles. The molecule has 0 radical (unpaired) electrons. The molecule has 3 aromatic rings. The van der Waals surface area contributed by atoms with Gasteiger partial charge in [0.25, 0.3) is 0 Å². The lowest BCUT2D eigenvalue weighted by Gasteiger charge is -2.24. The molecule has 0 spiro atoms. The lowest BCUT2D eigenvalue weighted by atomic mass is 9.87. The SMILES string of the molecule is OC1CCc2c(-c3ccccn3)nnc(-c3ccccn3)c2CCC1O. The molecule has 1 aliphatic rings. The number of pyridine rings is 2. The zero-order valence-corrected chi connectivity index (χ0v) is 14.3. The summed E-state index contributed by atoms with van der Waals surface area (Å²) in [5.41, 5.74) is 5.07. The highest BCUT2D eigenvalue weighted by molar-refractivity contribution is 5.68. The number of hydrogen-bond donors (Lipinski definition) is 2. The molecule has 0 saturated carbocycles. The fourth-order valence-corrected chi connectivity index (χ4v) is 3.43. The van der Waals surface area contributed by atoms with E-state index in [-0.39, 0.29) is 0 Å². The Morgan fingerprint density at radius 1 is 0.692 bits per heavy atom. The van der Waals surface area contributed by atoms with Crippen LogP contribution in [0.2, 0.25) is 0 Å². The van der Waals surface area contributed by atoms with Gasteiger partial charge in [0, 0.05) is 12.4 Å². The highest BCUT2D eigenvalue weighted by Gasteiger charge is 2.26. The topological polar surface area (TPSA) is 92.0 Å². The molecule has 2 N–H and O–H groups in total. The molecular formula is C20H20N4O2. The zero-order chi connectivity index (χ0) is 17.9. The smallest absolute Gasteiger partial charge is 0.115 e. The van der Waals surface area contributed by atoms with E-state index < -0.39 is 12.2 Å². The molecule has 0 amide bonds. The van der Waals surface area contributed by atoms with Crippen LogP contribution in [0.3, 0.4) is 0 Å². The summed E-state index contributed by atoms with van der Waals surface area (Å²) in [5.74, 6) is 0. The van der Waals surface area contributed by atoms with Gasteiger partial charge in [0.2, 0.25) is 0 Å². The number of rotatable bonds is 2. The van der Waals surface area contributed by atoms with Crippen molar-refractivity contribution in [2.24, 2.45) is 0 Å². The van der Waals surface area contributed by atoms with Gasteiger partial charge in [-0.3, -0.25) is 9.97 Å². The monoisotopic (exact) mass is 348 g/mol. The average molecular weight is 348 g/mol. The molecule has 0 fully saturated rings. The number of aromatic nitrogens is 4. The van der Waals surface area contributed by atoms with E-state index in [0.29, 0.717) is 25.7 Å². The molecule has 132 valence electrons. The van der Waals surface area contributed by atoms with Crippen molar-refractivity contribution in [1.29, 1.82) is 0 Å². The lowest BCUT2D eigenvalue weighted by Crippen LogP contribution is -2.29.